The molecule has 1 amide bonds. The van der Waals surface area contributed by atoms with E-state index in [0.29, 0.717) is 38.6 Å². The lowest BCUT2D eigenvalue weighted by atomic mass is 9.95. The summed E-state index contributed by atoms with van der Waals surface area (Å²) in [7, 11) is 0. The standard InChI is InChI=1S/C33H28N4O4S3/c1-19-12-14-23(15-13-19)18-42-33-36-35-32(44-33)37-27(24-10-7-11-25(16-24)41-17-22-8-5-4-6-9-22)26(29(39)31(37)40)28(38)30-20(2)34-21(3)43-30/h4-16,27,39H,17-18H2,1-3H3. The molecule has 0 bridgehead atoms. The van der Waals surface area contributed by atoms with Gasteiger partial charge in [-0.2, -0.15) is 0 Å². The van der Waals surface area contributed by atoms with Crippen molar-refractivity contribution in [3.63, 3.8) is 0 Å². The van der Waals surface area contributed by atoms with Crippen LogP contribution in [0, 0.1) is 20.8 Å². The fourth-order valence-corrected chi connectivity index (χ4v) is 7.61. The topological polar surface area (TPSA) is 106 Å². The first kappa shape index (κ1) is 29.7. The molecule has 1 N–H and O–H groups in total. The first-order valence-electron chi connectivity index (χ1n) is 13.8. The minimum absolute atomic E-state index is 0.0222. The van der Waals surface area contributed by atoms with E-state index in [4.69, 9.17) is 4.74 Å². The Morgan fingerprint density at radius 1 is 0.955 bits per heavy atom. The zero-order chi connectivity index (χ0) is 30.8. The molecule has 1 unspecified atom stereocenters. The second-order valence-corrected chi connectivity index (χ2v) is 13.7. The predicted molar refractivity (Wildman–Crippen MR) is 174 cm³/mol. The number of aliphatic hydroxyl groups excluding tert-OH is 1. The Kier molecular flexibility index (Phi) is 8.60. The molecule has 3 aromatic carbocycles. The number of hydrogen-bond donors (Lipinski definition) is 1. The van der Waals surface area contributed by atoms with Gasteiger partial charge in [0.1, 0.15) is 12.4 Å². The van der Waals surface area contributed by atoms with Crippen molar-refractivity contribution in [2.24, 2.45) is 0 Å². The average molecular weight is 641 g/mol. The van der Waals surface area contributed by atoms with Gasteiger partial charge in [0.2, 0.25) is 10.9 Å². The molecule has 0 aliphatic carbocycles. The molecule has 5 aromatic rings. The molecule has 0 fully saturated rings. The van der Waals surface area contributed by atoms with E-state index in [-0.39, 0.29) is 10.7 Å². The molecule has 44 heavy (non-hydrogen) atoms. The van der Waals surface area contributed by atoms with Gasteiger partial charge < -0.3 is 9.84 Å². The average Bonchev–Trinajstić information content (AvgIpc) is 3.71. The molecule has 1 aliphatic heterocycles. The molecule has 3 heterocycles. The van der Waals surface area contributed by atoms with Gasteiger partial charge in [0.25, 0.3) is 5.91 Å². The highest BCUT2D eigenvalue weighted by molar-refractivity contribution is 8.00. The third-order valence-corrected chi connectivity index (χ3v) is 10.3. The van der Waals surface area contributed by atoms with Crippen molar-refractivity contribution in [1.29, 1.82) is 0 Å². The van der Waals surface area contributed by atoms with Crippen LogP contribution in [-0.4, -0.2) is 32.0 Å². The van der Waals surface area contributed by atoms with Crippen LogP contribution in [0.1, 0.15) is 48.7 Å². The summed E-state index contributed by atoms with van der Waals surface area (Å²) in [4.78, 5) is 33.8. The molecule has 0 saturated heterocycles. The number of hydrogen-bond acceptors (Lipinski definition) is 10. The molecule has 11 heteroatoms. The van der Waals surface area contributed by atoms with Crippen LogP contribution in [0.25, 0.3) is 0 Å². The first-order valence-corrected chi connectivity index (χ1v) is 16.4. The van der Waals surface area contributed by atoms with E-state index >= 15 is 0 Å². The number of anilines is 1. The number of benzene rings is 3. The van der Waals surface area contributed by atoms with Crippen LogP contribution in [0.3, 0.4) is 0 Å². The second-order valence-electron chi connectivity index (χ2n) is 10.3. The highest BCUT2D eigenvalue weighted by atomic mass is 32.2. The summed E-state index contributed by atoms with van der Waals surface area (Å²) >= 11 is 3.99. The number of ether oxygens (including phenoxy) is 1. The van der Waals surface area contributed by atoms with Gasteiger partial charge in [0.05, 0.1) is 27.2 Å². The molecule has 2 aromatic heterocycles. The SMILES string of the molecule is Cc1ccc(CSc2nnc(N3C(=O)C(O)=C(C(=O)c4sc(C)nc4C)C3c3cccc(OCc4ccccc4)c3)s2)cc1. The maximum absolute atomic E-state index is 14.0. The van der Waals surface area contributed by atoms with Crippen LogP contribution in [-0.2, 0) is 17.2 Å². The molecule has 8 nitrogen and oxygen atoms in total. The van der Waals surface area contributed by atoms with Gasteiger partial charge >= 0.3 is 0 Å². The van der Waals surface area contributed by atoms with E-state index in [1.807, 2.05) is 56.3 Å². The number of carbonyl (C=O) groups excluding carboxylic acids is 2. The van der Waals surface area contributed by atoms with Gasteiger partial charge in [-0.15, -0.1) is 21.5 Å². The number of aryl methyl sites for hydroxylation is 3. The summed E-state index contributed by atoms with van der Waals surface area (Å²) < 4.78 is 6.74. The number of aromatic nitrogens is 3. The lowest BCUT2D eigenvalue weighted by Gasteiger charge is -2.24. The minimum atomic E-state index is -0.944. The Labute approximate surface area is 267 Å². The fraction of sp³-hybridized carbons (Fsp3) is 0.182. The first-order chi connectivity index (χ1) is 21.3. The number of rotatable bonds is 10. The number of carbonyl (C=O) groups is 2. The van der Waals surface area contributed by atoms with Crippen molar-refractivity contribution >= 4 is 51.3 Å². The Morgan fingerprint density at radius 2 is 1.73 bits per heavy atom. The van der Waals surface area contributed by atoms with Crippen molar-refractivity contribution in [1.82, 2.24) is 15.2 Å². The monoisotopic (exact) mass is 640 g/mol. The van der Waals surface area contributed by atoms with E-state index in [1.54, 1.807) is 19.1 Å². The fourth-order valence-electron chi connectivity index (χ4n) is 4.92. The number of ketones is 1. The van der Waals surface area contributed by atoms with Gasteiger partial charge in [0, 0.05) is 5.75 Å². The zero-order valence-corrected chi connectivity index (χ0v) is 26.6. The molecule has 1 atom stereocenters. The third kappa shape index (κ3) is 6.17. The van der Waals surface area contributed by atoms with E-state index < -0.39 is 23.5 Å². The van der Waals surface area contributed by atoms with E-state index in [9.17, 15) is 14.7 Å². The van der Waals surface area contributed by atoms with E-state index in [1.165, 1.54) is 44.9 Å². The molecule has 6 rings (SSSR count). The maximum atomic E-state index is 14.0. The number of Topliss-reactive ketones (excluding diaryl/α,β-unsaturated/α-hetero) is 1. The molecule has 222 valence electrons. The minimum Gasteiger partial charge on any atom is -0.503 e. The predicted octanol–water partition coefficient (Wildman–Crippen LogP) is 7.57. The number of thiazole rings is 1. The van der Waals surface area contributed by atoms with E-state index in [2.05, 4.69) is 39.4 Å². The van der Waals surface area contributed by atoms with Crippen molar-refractivity contribution in [2.75, 3.05) is 4.90 Å². The van der Waals surface area contributed by atoms with Gasteiger partial charge in [-0.05, 0) is 49.6 Å². The number of nitrogens with zero attached hydrogens (tertiary/aromatic N) is 4. The van der Waals surface area contributed by atoms with Gasteiger partial charge in [-0.25, -0.2) is 4.98 Å². The van der Waals surface area contributed by atoms with Gasteiger partial charge in [-0.3, -0.25) is 14.5 Å². The Balaban J connectivity index is 1.34. The Hall–Kier alpha value is -4.32. The quantitative estimate of drug-likeness (QED) is 0.0947. The molecule has 0 radical (unpaired) electrons. The Morgan fingerprint density at radius 3 is 2.45 bits per heavy atom. The van der Waals surface area contributed by atoms with Crippen LogP contribution in [0.2, 0.25) is 0 Å². The molecule has 0 spiro atoms. The summed E-state index contributed by atoms with van der Waals surface area (Å²) in [5.41, 5.74) is 4.46. The van der Waals surface area contributed by atoms with Crippen LogP contribution in [0.15, 0.2) is 94.5 Å². The van der Waals surface area contributed by atoms with Crippen LogP contribution in [0.4, 0.5) is 5.13 Å². The lowest BCUT2D eigenvalue weighted by Crippen LogP contribution is -2.31. The normalized spacial score (nSPS) is 14.8. The third-order valence-electron chi connectivity index (χ3n) is 7.07. The highest BCUT2D eigenvalue weighted by Gasteiger charge is 2.46. The summed E-state index contributed by atoms with van der Waals surface area (Å²) in [6.07, 6.45) is 0. The van der Waals surface area contributed by atoms with Crippen LogP contribution >= 0.6 is 34.4 Å². The van der Waals surface area contributed by atoms with Crippen molar-refractivity contribution < 1.29 is 19.4 Å². The maximum Gasteiger partial charge on any atom is 0.296 e. The zero-order valence-electron chi connectivity index (χ0n) is 24.2. The molecule has 0 saturated carbocycles. The summed E-state index contributed by atoms with van der Waals surface area (Å²) in [6, 6.07) is 24.3. The van der Waals surface area contributed by atoms with Crippen molar-refractivity contribution in [3.8, 4) is 5.75 Å². The summed E-state index contributed by atoms with van der Waals surface area (Å²) in [6.45, 7) is 5.96. The lowest BCUT2D eigenvalue weighted by molar-refractivity contribution is -0.117. The second kappa shape index (κ2) is 12.7. The van der Waals surface area contributed by atoms with Crippen molar-refractivity contribution in [3.05, 3.63) is 128 Å². The smallest absolute Gasteiger partial charge is 0.296 e. The molecular formula is C33H28N4O4S3. The van der Waals surface area contributed by atoms with E-state index in [0.717, 1.165) is 16.1 Å². The number of amides is 1. The molecular weight excluding hydrogens is 613 g/mol. The molecule has 1 aliphatic rings. The van der Waals surface area contributed by atoms with Crippen LogP contribution in [0.5, 0.6) is 5.75 Å². The summed E-state index contributed by atoms with van der Waals surface area (Å²) in [5, 5.41) is 20.9. The number of aliphatic hydroxyl groups is 1. The summed E-state index contributed by atoms with van der Waals surface area (Å²) in [5.74, 6) is -0.511. The van der Waals surface area contributed by atoms with Crippen molar-refractivity contribution in [2.45, 2.75) is 43.5 Å². The Bertz CT molecular complexity index is 1870. The number of thioether (sulfide) groups is 1. The van der Waals surface area contributed by atoms with Gasteiger partial charge in [-0.1, -0.05) is 95.4 Å². The van der Waals surface area contributed by atoms with Crippen LogP contribution < -0.4 is 9.64 Å². The highest BCUT2D eigenvalue weighted by Crippen LogP contribution is 2.45. The van der Waals surface area contributed by atoms with Gasteiger partial charge in [0.15, 0.2) is 10.1 Å². The largest absolute Gasteiger partial charge is 0.503 e.